The molecule has 2 saturated carbocycles. The number of carbonyl (C=O) groups is 1. The van der Waals surface area contributed by atoms with Crippen LogP contribution in [-0.2, 0) is 9.53 Å². The van der Waals surface area contributed by atoms with Gasteiger partial charge in [-0.1, -0.05) is 20.3 Å². The number of hydrogen-bond donors (Lipinski definition) is 2. The molecule has 2 saturated heterocycles. The van der Waals surface area contributed by atoms with E-state index < -0.39 is 0 Å². The van der Waals surface area contributed by atoms with E-state index in [1.54, 1.807) is 0 Å². The Balaban J connectivity index is 0.00000240. The minimum atomic E-state index is 0. The van der Waals surface area contributed by atoms with Crippen molar-refractivity contribution in [2.45, 2.75) is 83.4 Å². The molecule has 2 N–H and O–H groups in total. The summed E-state index contributed by atoms with van der Waals surface area (Å²) in [4.78, 5) is 19.2. The number of nitrogens with zero attached hydrogens (tertiary/aromatic N) is 2. The van der Waals surface area contributed by atoms with Gasteiger partial charge in [0.25, 0.3) is 0 Å². The van der Waals surface area contributed by atoms with Crippen LogP contribution in [0.2, 0.25) is 0 Å². The highest BCUT2D eigenvalue weighted by atomic mass is 127. The molecule has 0 aromatic carbocycles. The third-order valence-electron chi connectivity index (χ3n) is 8.03. The molecule has 166 valence electrons. The van der Waals surface area contributed by atoms with Crippen molar-refractivity contribution in [2.75, 3.05) is 26.7 Å². The van der Waals surface area contributed by atoms with Crippen LogP contribution in [0.25, 0.3) is 0 Å². The fraction of sp³-hybridized carbons (Fsp3) is 0.909. The highest BCUT2D eigenvalue weighted by molar-refractivity contribution is 14.0. The highest BCUT2D eigenvalue weighted by Gasteiger charge is 2.66. The molecule has 0 aromatic rings. The number of halogens is 1. The van der Waals surface area contributed by atoms with Crippen molar-refractivity contribution in [1.82, 2.24) is 15.5 Å². The second-order valence-corrected chi connectivity index (χ2v) is 9.28. The van der Waals surface area contributed by atoms with Crippen LogP contribution in [0.5, 0.6) is 0 Å². The molecule has 2 heterocycles. The largest absolute Gasteiger partial charge is 0.377 e. The Labute approximate surface area is 193 Å². The molecule has 2 aliphatic heterocycles. The lowest BCUT2D eigenvalue weighted by molar-refractivity contribution is -0.171. The van der Waals surface area contributed by atoms with Crippen LogP contribution in [0.1, 0.15) is 65.2 Å². The summed E-state index contributed by atoms with van der Waals surface area (Å²) in [6.45, 7) is 6.87. The zero-order chi connectivity index (χ0) is 19.7. The highest BCUT2D eigenvalue weighted by Crippen LogP contribution is 2.62. The number of amides is 1. The first-order chi connectivity index (χ1) is 13.6. The number of nitrogens with one attached hydrogen (secondary N) is 2. The summed E-state index contributed by atoms with van der Waals surface area (Å²) < 4.78 is 6.04. The molecule has 4 aliphatic rings. The lowest BCUT2D eigenvalue weighted by atomic mass is 9.46. The Kier molecular flexibility index (Phi) is 7.73. The van der Waals surface area contributed by atoms with Crippen LogP contribution >= 0.6 is 24.0 Å². The lowest BCUT2D eigenvalue weighted by Gasteiger charge is -2.63. The summed E-state index contributed by atoms with van der Waals surface area (Å²) in [7, 11) is 1.87. The topological polar surface area (TPSA) is 66.0 Å². The van der Waals surface area contributed by atoms with E-state index in [0.717, 1.165) is 51.3 Å². The molecule has 1 amide bonds. The summed E-state index contributed by atoms with van der Waals surface area (Å²) in [5.41, 5.74) is 0.365. The van der Waals surface area contributed by atoms with Gasteiger partial charge in [-0.05, 0) is 44.9 Å². The fourth-order valence-corrected chi connectivity index (χ4v) is 6.11. The van der Waals surface area contributed by atoms with Gasteiger partial charge >= 0.3 is 0 Å². The quantitative estimate of drug-likeness (QED) is 0.334. The summed E-state index contributed by atoms with van der Waals surface area (Å²) >= 11 is 0. The van der Waals surface area contributed by atoms with Crippen molar-refractivity contribution in [3.63, 3.8) is 0 Å². The predicted molar refractivity (Wildman–Crippen MR) is 127 cm³/mol. The van der Waals surface area contributed by atoms with Crippen LogP contribution in [-0.4, -0.2) is 61.7 Å². The number of ether oxygens (including phenoxy) is 1. The number of aliphatic imine (C=N–C) groups is 1. The molecule has 0 bridgehead atoms. The SMILES string of the molecule is CCC(CC)C(=O)N1CCC(NC(=NC)NC2C3CCOC3C23CCC3)CC1.I. The number of carbonyl (C=O) groups excluding carboxylic acids is 1. The molecule has 2 aliphatic carbocycles. The molecule has 0 radical (unpaired) electrons. The van der Waals surface area contributed by atoms with Crippen LogP contribution in [0.15, 0.2) is 4.99 Å². The average molecular weight is 518 g/mol. The first-order valence-corrected chi connectivity index (χ1v) is 11.5. The number of rotatable bonds is 5. The van der Waals surface area contributed by atoms with Gasteiger partial charge in [-0.25, -0.2) is 0 Å². The van der Waals surface area contributed by atoms with Gasteiger partial charge in [-0.15, -0.1) is 24.0 Å². The molecule has 3 atom stereocenters. The van der Waals surface area contributed by atoms with Crippen molar-refractivity contribution < 1.29 is 9.53 Å². The van der Waals surface area contributed by atoms with Gasteiger partial charge in [0.15, 0.2) is 5.96 Å². The number of fused-ring (bicyclic) bond motifs is 2. The monoisotopic (exact) mass is 518 g/mol. The van der Waals surface area contributed by atoms with Gasteiger partial charge in [0.2, 0.25) is 5.91 Å². The van der Waals surface area contributed by atoms with E-state index in [1.807, 2.05) is 7.05 Å². The molecule has 0 aromatic heterocycles. The zero-order valence-electron chi connectivity index (χ0n) is 18.3. The number of guanidine groups is 1. The smallest absolute Gasteiger partial charge is 0.225 e. The minimum Gasteiger partial charge on any atom is -0.377 e. The van der Waals surface area contributed by atoms with Gasteiger partial charge < -0.3 is 20.3 Å². The van der Waals surface area contributed by atoms with E-state index in [0.29, 0.717) is 35.4 Å². The van der Waals surface area contributed by atoms with Crippen LogP contribution in [0.3, 0.4) is 0 Å². The molecule has 4 rings (SSSR count). The first-order valence-electron chi connectivity index (χ1n) is 11.5. The van der Waals surface area contributed by atoms with Crippen LogP contribution in [0, 0.1) is 17.3 Å². The summed E-state index contributed by atoms with van der Waals surface area (Å²) in [6, 6.07) is 0.904. The summed E-state index contributed by atoms with van der Waals surface area (Å²) in [5, 5.41) is 7.41. The zero-order valence-corrected chi connectivity index (χ0v) is 20.6. The third-order valence-corrected chi connectivity index (χ3v) is 8.03. The fourth-order valence-electron chi connectivity index (χ4n) is 6.11. The molecule has 4 fully saturated rings. The Morgan fingerprint density at radius 2 is 1.86 bits per heavy atom. The van der Waals surface area contributed by atoms with Gasteiger partial charge in [-0.2, -0.15) is 0 Å². The first kappa shape index (κ1) is 23.1. The van der Waals surface area contributed by atoms with E-state index in [4.69, 9.17) is 4.74 Å². The van der Waals surface area contributed by atoms with Gasteiger partial charge in [0.05, 0.1) is 6.10 Å². The van der Waals surface area contributed by atoms with Crippen molar-refractivity contribution in [3.05, 3.63) is 0 Å². The molecular weight excluding hydrogens is 479 g/mol. The standard InChI is InChI=1S/C22H38N4O2.HI/c1-4-15(5-2)20(27)26-12-7-16(8-13-26)24-21(23-3)25-18-17-9-14-28-19(17)22(18)10-6-11-22;/h15-19H,4-14H2,1-3H3,(H2,23,24,25);1H. The van der Waals surface area contributed by atoms with E-state index in [9.17, 15) is 4.79 Å². The van der Waals surface area contributed by atoms with E-state index >= 15 is 0 Å². The van der Waals surface area contributed by atoms with Gasteiger partial charge in [0.1, 0.15) is 0 Å². The van der Waals surface area contributed by atoms with E-state index in [1.165, 1.54) is 25.7 Å². The maximum absolute atomic E-state index is 12.6. The Hall–Kier alpha value is -0.570. The molecular formula is C22H39IN4O2. The minimum absolute atomic E-state index is 0. The molecule has 3 unspecified atom stereocenters. The van der Waals surface area contributed by atoms with Crippen molar-refractivity contribution in [3.8, 4) is 0 Å². The lowest BCUT2D eigenvalue weighted by Crippen LogP contribution is -2.72. The number of hydrogen-bond acceptors (Lipinski definition) is 3. The normalized spacial score (nSPS) is 31.0. The molecule has 29 heavy (non-hydrogen) atoms. The Bertz CT molecular complexity index is 598. The second-order valence-electron chi connectivity index (χ2n) is 9.28. The third kappa shape index (κ3) is 4.14. The second kappa shape index (κ2) is 9.71. The average Bonchev–Trinajstić information content (AvgIpc) is 3.10. The van der Waals surface area contributed by atoms with Gasteiger partial charge in [-0.3, -0.25) is 9.79 Å². The Morgan fingerprint density at radius 3 is 2.41 bits per heavy atom. The Morgan fingerprint density at radius 1 is 1.17 bits per heavy atom. The van der Waals surface area contributed by atoms with Crippen LogP contribution in [0.4, 0.5) is 0 Å². The van der Waals surface area contributed by atoms with Gasteiger partial charge in [0, 0.05) is 56.1 Å². The summed E-state index contributed by atoms with van der Waals surface area (Å²) in [5.74, 6) is 2.13. The van der Waals surface area contributed by atoms with Crippen molar-refractivity contribution in [1.29, 1.82) is 0 Å². The number of piperidine rings is 1. The molecule has 6 nitrogen and oxygen atoms in total. The number of likely N-dealkylation sites (tertiary alicyclic amines) is 1. The van der Waals surface area contributed by atoms with E-state index in [2.05, 4.69) is 34.4 Å². The molecule has 1 spiro atoms. The maximum atomic E-state index is 12.6. The van der Waals surface area contributed by atoms with Crippen molar-refractivity contribution >= 4 is 35.8 Å². The predicted octanol–water partition coefficient (Wildman–Crippen LogP) is 3.15. The van der Waals surface area contributed by atoms with Crippen molar-refractivity contribution in [2.24, 2.45) is 22.2 Å². The van der Waals surface area contributed by atoms with Crippen LogP contribution < -0.4 is 10.6 Å². The summed E-state index contributed by atoms with van der Waals surface area (Å²) in [6.07, 6.45) is 9.46. The maximum Gasteiger partial charge on any atom is 0.225 e. The molecule has 7 heteroatoms. The van der Waals surface area contributed by atoms with E-state index in [-0.39, 0.29) is 29.9 Å².